The Morgan fingerprint density at radius 1 is 1.23 bits per heavy atom. The molecule has 0 radical (unpaired) electrons. The summed E-state index contributed by atoms with van der Waals surface area (Å²) in [7, 11) is 0. The number of rotatable bonds is 4. The van der Waals surface area contributed by atoms with Crippen LogP contribution in [0.15, 0.2) is 54.2 Å². The Kier molecular flexibility index (Phi) is 4.28. The number of nitrogens with one attached hydrogen (secondary N) is 1. The van der Waals surface area contributed by atoms with Crippen LogP contribution in [0.25, 0.3) is 33.3 Å². The zero-order valence-corrected chi connectivity index (χ0v) is 15.0. The van der Waals surface area contributed by atoms with Crippen LogP contribution in [-0.2, 0) is 4.79 Å². The number of nitrogens with zero attached hydrogens (tertiary/aromatic N) is 2. The standard InChI is InChI=1S/C19H13ClN4OS/c20-13-5-3-11(4-6-13)19-24-16(10-26-19)15(17(21)25)8-12-9-23-18-14(12)2-1-7-22-18/h1-10H,(H2,21,25)(H,22,23). The minimum absolute atomic E-state index is 0.353. The fourth-order valence-corrected chi connectivity index (χ4v) is 3.60. The van der Waals surface area contributed by atoms with E-state index in [1.807, 2.05) is 41.8 Å². The van der Waals surface area contributed by atoms with Crippen LogP contribution in [-0.4, -0.2) is 20.9 Å². The van der Waals surface area contributed by atoms with E-state index in [1.165, 1.54) is 11.3 Å². The van der Waals surface area contributed by atoms with Gasteiger partial charge in [0.05, 0.1) is 11.3 Å². The van der Waals surface area contributed by atoms with E-state index in [-0.39, 0.29) is 0 Å². The van der Waals surface area contributed by atoms with E-state index < -0.39 is 5.91 Å². The van der Waals surface area contributed by atoms with Crippen molar-refractivity contribution < 1.29 is 4.79 Å². The number of hydrogen-bond donors (Lipinski definition) is 2. The maximum atomic E-state index is 12.0. The molecule has 1 amide bonds. The van der Waals surface area contributed by atoms with Gasteiger partial charge in [-0.1, -0.05) is 23.7 Å². The molecule has 0 aliphatic carbocycles. The quantitative estimate of drug-likeness (QED) is 0.515. The molecule has 1 aromatic carbocycles. The summed E-state index contributed by atoms with van der Waals surface area (Å²) in [6.45, 7) is 0. The summed E-state index contributed by atoms with van der Waals surface area (Å²) in [5.41, 5.74) is 9.04. The highest BCUT2D eigenvalue weighted by atomic mass is 35.5. The van der Waals surface area contributed by atoms with Crippen molar-refractivity contribution in [1.82, 2.24) is 15.0 Å². The molecule has 7 heteroatoms. The van der Waals surface area contributed by atoms with Gasteiger partial charge in [-0.15, -0.1) is 11.3 Å². The van der Waals surface area contributed by atoms with E-state index in [9.17, 15) is 4.79 Å². The Labute approximate surface area is 158 Å². The number of primary amides is 1. The number of nitrogens with two attached hydrogens (primary N) is 1. The molecule has 4 aromatic rings. The van der Waals surface area contributed by atoms with Gasteiger partial charge in [0.15, 0.2) is 0 Å². The van der Waals surface area contributed by atoms with Gasteiger partial charge in [-0.3, -0.25) is 4.79 Å². The minimum Gasteiger partial charge on any atom is -0.366 e. The van der Waals surface area contributed by atoms with Crippen molar-refractivity contribution in [3.63, 3.8) is 0 Å². The molecule has 0 spiro atoms. The first kappa shape index (κ1) is 16.5. The summed E-state index contributed by atoms with van der Waals surface area (Å²) in [5, 5.41) is 4.20. The zero-order chi connectivity index (χ0) is 18.1. The lowest BCUT2D eigenvalue weighted by Crippen LogP contribution is -2.13. The number of benzene rings is 1. The lowest BCUT2D eigenvalue weighted by molar-refractivity contribution is -0.112. The molecule has 4 rings (SSSR count). The molecule has 0 saturated heterocycles. The molecular weight excluding hydrogens is 368 g/mol. The number of carbonyl (C=O) groups excluding carboxylic acids is 1. The van der Waals surface area contributed by atoms with Crippen molar-refractivity contribution in [2.45, 2.75) is 0 Å². The Bertz CT molecular complexity index is 1130. The average molecular weight is 381 g/mol. The van der Waals surface area contributed by atoms with Crippen molar-refractivity contribution >= 4 is 51.5 Å². The summed E-state index contributed by atoms with van der Waals surface area (Å²) in [6.07, 6.45) is 5.25. The predicted molar refractivity (Wildman–Crippen MR) is 106 cm³/mol. The number of aromatic amines is 1. The molecule has 3 heterocycles. The molecular formula is C19H13ClN4OS. The maximum absolute atomic E-state index is 12.0. The van der Waals surface area contributed by atoms with Gasteiger partial charge in [-0.25, -0.2) is 9.97 Å². The minimum atomic E-state index is -0.531. The van der Waals surface area contributed by atoms with Crippen LogP contribution in [0.5, 0.6) is 0 Å². The number of carbonyl (C=O) groups is 1. The molecule has 3 N–H and O–H groups in total. The number of halogens is 1. The first-order valence-corrected chi connectivity index (χ1v) is 9.03. The first-order chi connectivity index (χ1) is 12.6. The molecule has 0 atom stereocenters. The molecule has 0 saturated carbocycles. The van der Waals surface area contributed by atoms with Gasteiger partial charge in [0, 0.05) is 39.3 Å². The molecule has 0 unspecified atom stereocenters. The Morgan fingerprint density at radius 2 is 2.04 bits per heavy atom. The van der Waals surface area contributed by atoms with Crippen LogP contribution in [0.4, 0.5) is 0 Å². The van der Waals surface area contributed by atoms with E-state index in [0.717, 1.165) is 27.2 Å². The zero-order valence-electron chi connectivity index (χ0n) is 13.4. The molecule has 5 nitrogen and oxygen atoms in total. The van der Waals surface area contributed by atoms with E-state index in [4.69, 9.17) is 17.3 Å². The van der Waals surface area contributed by atoms with Gasteiger partial charge in [-0.2, -0.15) is 0 Å². The number of pyridine rings is 1. The molecule has 0 fully saturated rings. The van der Waals surface area contributed by atoms with Gasteiger partial charge in [0.25, 0.3) is 5.91 Å². The monoisotopic (exact) mass is 380 g/mol. The number of hydrogen-bond acceptors (Lipinski definition) is 4. The molecule has 0 bridgehead atoms. The molecule has 0 aliphatic rings. The summed E-state index contributed by atoms with van der Waals surface area (Å²) >= 11 is 7.38. The molecule has 128 valence electrons. The van der Waals surface area contributed by atoms with Crippen LogP contribution in [0.2, 0.25) is 5.02 Å². The number of aromatic nitrogens is 3. The molecule has 0 aliphatic heterocycles. The van der Waals surface area contributed by atoms with E-state index in [2.05, 4.69) is 15.0 Å². The van der Waals surface area contributed by atoms with Crippen LogP contribution < -0.4 is 5.73 Å². The molecule has 26 heavy (non-hydrogen) atoms. The van der Waals surface area contributed by atoms with Crippen LogP contribution in [0.1, 0.15) is 11.3 Å². The topological polar surface area (TPSA) is 84.7 Å². The molecule has 3 aromatic heterocycles. The highest BCUT2D eigenvalue weighted by Gasteiger charge is 2.15. The summed E-state index contributed by atoms with van der Waals surface area (Å²) in [6, 6.07) is 11.2. The summed E-state index contributed by atoms with van der Waals surface area (Å²) in [5.74, 6) is -0.531. The fraction of sp³-hybridized carbons (Fsp3) is 0. The number of amides is 1. The summed E-state index contributed by atoms with van der Waals surface area (Å²) < 4.78 is 0. The Balaban J connectivity index is 1.76. The normalized spacial score (nSPS) is 11.8. The third-order valence-electron chi connectivity index (χ3n) is 3.92. The Hall–Kier alpha value is -2.96. The number of H-pyrrole nitrogens is 1. The van der Waals surface area contributed by atoms with Gasteiger partial charge in [-0.05, 0) is 30.3 Å². The number of thiazole rings is 1. The first-order valence-electron chi connectivity index (χ1n) is 7.77. The van der Waals surface area contributed by atoms with Crippen molar-refractivity contribution in [1.29, 1.82) is 0 Å². The van der Waals surface area contributed by atoms with Gasteiger partial charge in [0.2, 0.25) is 0 Å². The van der Waals surface area contributed by atoms with Crippen LogP contribution in [0, 0.1) is 0 Å². The van der Waals surface area contributed by atoms with Crippen LogP contribution in [0.3, 0.4) is 0 Å². The second kappa shape index (κ2) is 6.74. The maximum Gasteiger partial charge on any atom is 0.250 e. The fourth-order valence-electron chi connectivity index (χ4n) is 2.65. The largest absolute Gasteiger partial charge is 0.366 e. The third-order valence-corrected chi connectivity index (χ3v) is 5.06. The lowest BCUT2D eigenvalue weighted by Gasteiger charge is -2.00. The van der Waals surface area contributed by atoms with E-state index >= 15 is 0 Å². The third kappa shape index (κ3) is 3.12. The second-order valence-corrected chi connectivity index (χ2v) is 6.91. The summed E-state index contributed by atoms with van der Waals surface area (Å²) in [4.78, 5) is 23.9. The number of fused-ring (bicyclic) bond motifs is 1. The smallest absolute Gasteiger partial charge is 0.250 e. The van der Waals surface area contributed by atoms with Crippen molar-refractivity contribution in [3.8, 4) is 10.6 Å². The second-order valence-electron chi connectivity index (χ2n) is 5.61. The Morgan fingerprint density at radius 3 is 2.81 bits per heavy atom. The van der Waals surface area contributed by atoms with Crippen LogP contribution >= 0.6 is 22.9 Å². The highest BCUT2D eigenvalue weighted by molar-refractivity contribution is 7.13. The average Bonchev–Trinajstić information content (AvgIpc) is 3.27. The van der Waals surface area contributed by atoms with E-state index in [0.29, 0.717) is 16.3 Å². The van der Waals surface area contributed by atoms with E-state index in [1.54, 1.807) is 18.5 Å². The van der Waals surface area contributed by atoms with Crippen molar-refractivity contribution in [3.05, 3.63) is 70.5 Å². The van der Waals surface area contributed by atoms with Gasteiger partial charge >= 0.3 is 0 Å². The van der Waals surface area contributed by atoms with Crippen molar-refractivity contribution in [2.24, 2.45) is 5.73 Å². The lowest BCUT2D eigenvalue weighted by atomic mass is 10.1. The SMILES string of the molecule is NC(=O)C(=Cc1c[nH]c2ncccc12)c1csc(-c2ccc(Cl)cc2)n1. The van der Waals surface area contributed by atoms with Gasteiger partial charge < -0.3 is 10.7 Å². The highest BCUT2D eigenvalue weighted by Crippen LogP contribution is 2.29. The van der Waals surface area contributed by atoms with Gasteiger partial charge in [0.1, 0.15) is 10.7 Å². The van der Waals surface area contributed by atoms with Crippen molar-refractivity contribution in [2.75, 3.05) is 0 Å². The predicted octanol–water partition coefficient (Wildman–Crippen LogP) is 4.37.